The number of esters is 1. The average Bonchev–Trinajstić information content (AvgIpc) is 3.35. The van der Waals surface area contributed by atoms with Crippen LogP contribution in [0.2, 0.25) is 0 Å². The van der Waals surface area contributed by atoms with Crippen LogP contribution in [0.15, 0.2) is 48.6 Å². The predicted octanol–water partition coefficient (Wildman–Crippen LogP) is 19.0. The van der Waals surface area contributed by atoms with E-state index in [0.717, 1.165) is 83.5 Å². The molecule has 69 heavy (non-hydrogen) atoms. The van der Waals surface area contributed by atoms with Crippen molar-refractivity contribution in [2.24, 2.45) is 0 Å². The molecule has 0 heterocycles. The van der Waals surface area contributed by atoms with Gasteiger partial charge < -0.3 is 20.3 Å². The highest BCUT2D eigenvalue weighted by atomic mass is 16.5. The Morgan fingerprint density at radius 1 is 0.406 bits per heavy atom. The van der Waals surface area contributed by atoms with Gasteiger partial charge in [-0.3, -0.25) is 9.59 Å². The Hall–Kier alpha value is -2.18. The van der Waals surface area contributed by atoms with Crippen LogP contribution in [0.1, 0.15) is 316 Å². The number of aliphatic hydroxyl groups excluding tert-OH is 2. The quantitative estimate of drug-likeness (QED) is 0.0321. The van der Waals surface area contributed by atoms with E-state index in [1.165, 1.54) is 205 Å². The van der Waals surface area contributed by atoms with E-state index >= 15 is 0 Å². The average molecular weight is 969 g/mol. The monoisotopic (exact) mass is 968 g/mol. The van der Waals surface area contributed by atoms with Gasteiger partial charge in [0.25, 0.3) is 0 Å². The molecule has 0 saturated heterocycles. The van der Waals surface area contributed by atoms with E-state index in [1.807, 2.05) is 6.08 Å². The zero-order valence-electron chi connectivity index (χ0n) is 46.0. The van der Waals surface area contributed by atoms with Gasteiger partial charge in [-0.25, -0.2) is 0 Å². The van der Waals surface area contributed by atoms with Crippen LogP contribution in [0, 0.1) is 0 Å². The number of aliphatic hydroxyl groups is 2. The topological polar surface area (TPSA) is 95.9 Å². The summed E-state index contributed by atoms with van der Waals surface area (Å²) < 4.78 is 5.45. The Bertz CT molecular complexity index is 1160. The summed E-state index contributed by atoms with van der Waals surface area (Å²) in [6.07, 6.45) is 74.3. The highest BCUT2D eigenvalue weighted by Crippen LogP contribution is 2.16. The van der Waals surface area contributed by atoms with E-state index < -0.39 is 12.1 Å². The Morgan fingerprint density at radius 2 is 0.725 bits per heavy atom. The minimum atomic E-state index is -0.857. The highest BCUT2D eigenvalue weighted by molar-refractivity contribution is 5.76. The van der Waals surface area contributed by atoms with Crippen LogP contribution >= 0.6 is 0 Å². The van der Waals surface area contributed by atoms with Crippen LogP contribution in [0.4, 0.5) is 0 Å². The third-order valence-electron chi connectivity index (χ3n) is 13.8. The van der Waals surface area contributed by atoms with Crippen molar-refractivity contribution in [2.75, 3.05) is 13.2 Å². The van der Waals surface area contributed by atoms with E-state index in [1.54, 1.807) is 6.08 Å². The number of hydrogen-bond acceptors (Lipinski definition) is 5. The van der Waals surface area contributed by atoms with Crippen molar-refractivity contribution in [2.45, 2.75) is 328 Å². The number of carbonyl (C=O) groups is 2. The first-order valence-electron chi connectivity index (χ1n) is 30.4. The normalized spacial score (nSPS) is 12.9. The zero-order valence-corrected chi connectivity index (χ0v) is 46.0. The molecule has 0 saturated carbocycles. The lowest BCUT2D eigenvalue weighted by atomic mass is 10.0. The van der Waals surface area contributed by atoms with Crippen molar-refractivity contribution in [3.05, 3.63) is 48.6 Å². The first kappa shape index (κ1) is 66.8. The minimum absolute atomic E-state index is 0.0251. The van der Waals surface area contributed by atoms with Crippen molar-refractivity contribution in [3.8, 4) is 0 Å². The molecule has 0 radical (unpaired) electrons. The van der Waals surface area contributed by atoms with Crippen molar-refractivity contribution in [1.82, 2.24) is 5.32 Å². The molecular weight excluding hydrogens is 851 g/mol. The highest BCUT2D eigenvalue weighted by Gasteiger charge is 2.18. The molecule has 0 fully saturated rings. The molecule has 6 heteroatoms. The smallest absolute Gasteiger partial charge is 0.305 e. The molecule has 0 aromatic heterocycles. The summed E-state index contributed by atoms with van der Waals surface area (Å²) in [6.45, 7) is 4.86. The van der Waals surface area contributed by atoms with Gasteiger partial charge in [-0.2, -0.15) is 0 Å². The van der Waals surface area contributed by atoms with Gasteiger partial charge in [0, 0.05) is 12.8 Å². The fourth-order valence-corrected chi connectivity index (χ4v) is 9.13. The number of unbranched alkanes of at least 4 members (excludes halogenated alkanes) is 39. The fourth-order valence-electron chi connectivity index (χ4n) is 9.13. The van der Waals surface area contributed by atoms with Crippen molar-refractivity contribution in [1.29, 1.82) is 0 Å². The number of rotatable bonds is 56. The minimum Gasteiger partial charge on any atom is -0.466 e. The molecule has 0 bridgehead atoms. The van der Waals surface area contributed by atoms with Crippen molar-refractivity contribution < 1.29 is 24.5 Å². The number of carbonyl (C=O) groups excluding carboxylic acids is 2. The fraction of sp³-hybridized carbons (Fsp3) is 0.841. The van der Waals surface area contributed by atoms with Crippen molar-refractivity contribution in [3.63, 3.8) is 0 Å². The molecule has 1 amide bonds. The van der Waals surface area contributed by atoms with Gasteiger partial charge >= 0.3 is 5.97 Å². The third kappa shape index (κ3) is 55.0. The molecule has 0 aliphatic rings. The lowest BCUT2D eigenvalue weighted by Gasteiger charge is -2.20. The lowest BCUT2D eigenvalue weighted by Crippen LogP contribution is -2.45. The molecule has 404 valence electrons. The van der Waals surface area contributed by atoms with E-state index in [2.05, 4.69) is 55.6 Å². The zero-order chi connectivity index (χ0) is 50.0. The van der Waals surface area contributed by atoms with Crippen LogP contribution in [-0.2, 0) is 14.3 Å². The van der Waals surface area contributed by atoms with Crippen LogP contribution in [0.3, 0.4) is 0 Å². The summed E-state index contributed by atoms with van der Waals surface area (Å²) >= 11 is 0. The molecule has 3 N–H and O–H groups in total. The van der Waals surface area contributed by atoms with Crippen LogP contribution < -0.4 is 5.32 Å². The summed E-state index contributed by atoms with van der Waals surface area (Å²) in [4.78, 5) is 24.5. The first-order valence-corrected chi connectivity index (χ1v) is 30.4. The first-order chi connectivity index (χ1) is 34.0. The molecule has 2 atom stereocenters. The van der Waals surface area contributed by atoms with Gasteiger partial charge in [0.15, 0.2) is 0 Å². The largest absolute Gasteiger partial charge is 0.466 e. The van der Waals surface area contributed by atoms with Crippen molar-refractivity contribution >= 4 is 11.9 Å². The maximum Gasteiger partial charge on any atom is 0.305 e. The van der Waals surface area contributed by atoms with Gasteiger partial charge in [-0.05, 0) is 96.3 Å². The second kappa shape index (κ2) is 58.4. The number of amides is 1. The maximum atomic E-state index is 12.5. The van der Waals surface area contributed by atoms with Gasteiger partial charge in [0.2, 0.25) is 5.91 Å². The SMILES string of the molecule is CCCCCCC/C=C\CCCCCCCC(=O)OCCCCC/C=C\C/C=C\CCCCCCCCCC(=O)NC(CO)C(O)/C=C/CCCCCCCCCCCCCCCCCCCCC. The van der Waals surface area contributed by atoms with Gasteiger partial charge in [0.1, 0.15) is 0 Å². The number of allylic oxidation sites excluding steroid dienone is 7. The summed E-state index contributed by atoms with van der Waals surface area (Å²) in [6, 6.07) is -0.642. The summed E-state index contributed by atoms with van der Waals surface area (Å²) in [7, 11) is 0. The molecule has 0 aromatic carbocycles. The van der Waals surface area contributed by atoms with Crippen LogP contribution in [0.25, 0.3) is 0 Å². The lowest BCUT2D eigenvalue weighted by molar-refractivity contribution is -0.143. The summed E-state index contributed by atoms with van der Waals surface area (Å²) in [5.41, 5.74) is 0. The number of hydrogen-bond donors (Lipinski definition) is 3. The Balaban J connectivity index is 3.54. The molecule has 0 aliphatic heterocycles. The molecule has 0 spiro atoms. The van der Waals surface area contributed by atoms with E-state index in [4.69, 9.17) is 4.74 Å². The second-order valence-corrected chi connectivity index (χ2v) is 20.7. The third-order valence-corrected chi connectivity index (χ3v) is 13.8. The van der Waals surface area contributed by atoms with E-state index in [9.17, 15) is 19.8 Å². The maximum absolute atomic E-state index is 12.5. The number of nitrogens with one attached hydrogen (secondary N) is 1. The molecular formula is C63H117NO5. The number of ether oxygens (including phenoxy) is 1. The molecule has 0 aliphatic carbocycles. The van der Waals surface area contributed by atoms with Gasteiger partial charge in [-0.1, -0.05) is 255 Å². The van der Waals surface area contributed by atoms with Gasteiger partial charge in [0.05, 0.1) is 25.4 Å². The van der Waals surface area contributed by atoms with E-state index in [-0.39, 0.29) is 18.5 Å². The van der Waals surface area contributed by atoms with E-state index in [0.29, 0.717) is 19.4 Å². The summed E-state index contributed by atoms with van der Waals surface area (Å²) in [5, 5.41) is 23.2. The van der Waals surface area contributed by atoms with Crippen LogP contribution in [0.5, 0.6) is 0 Å². The Labute approximate surface area is 429 Å². The standard InChI is InChI=1S/C63H117NO5/c1-3-5-7-9-11-13-15-17-19-20-21-22-23-25-28-31-35-39-43-47-51-55-61(66)60(59-65)64-62(67)56-52-48-44-40-36-32-29-26-24-27-30-34-38-42-46-50-54-58-69-63(68)57-53-49-45-41-37-33-18-16-14-12-10-8-6-4-2/h16,18,24,27,34,38,51,55,60-61,65-66H,3-15,17,19-23,25-26,28-33,35-37,39-50,52-54,56-59H2,1-2H3,(H,64,67)/b18-16-,27-24-,38-34-,55-51+. The summed E-state index contributed by atoms with van der Waals surface area (Å²) in [5.74, 6) is -0.108. The molecule has 0 aromatic rings. The molecule has 6 nitrogen and oxygen atoms in total. The Morgan fingerprint density at radius 3 is 1.12 bits per heavy atom. The van der Waals surface area contributed by atoms with Gasteiger partial charge in [-0.15, -0.1) is 0 Å². The predicted molar refractivity (Wildman–Crippen MR) is 301 cm³/mol. The second-order valence-electron chi connectivity index (χ2n) is 20.7. The molecule has 2 unspecified atom stereocenters. The van der Waals surface area contributed by atoms with Crippen LogP contribution in [-0.4, -0.2) is 47.4 Å². The Kier molecular flexibility index (Phi) is 56.5. The molecule has 0 rings (SSSR count).